The monoisotopic (exact) mass is 276 g/mol. The summed E-state index contributed by atoms with van der Waals surface area (Å²) in [5.74, 6) is -0.366. The average Bonchev–Trinajstić information content (AvgIpc) is 2.26. The first-order valence-electron chi connectivity index (χ1n) is 4.81. The summed E-state index contributed by atoms with van der Waals surface area (Å²) in [6.45, 7) is 1.19. The third-order valence-electron chi connectivity index (χ3n) is 1.95. The van der Waals surface area contributed by atoms with E-state index in [2.05, 4.69) is 9.71 Å². The molecule has 0 radical (unpaired) electrons. The van der Waals surface area contributed by atoms with Gasteiger partial charge in [0.05, 0.1) is 11.0 Å². The molecule has 0 aliphatic rings. The van der Waals surface area contributed by atoms with Crippen LogP contribution in [0.1, 0.15) is 6.92 Å². The van der Waals surface area contributed by atoms with E-state index in [0.29, 0.717) is 0 Å². The molecule has 0 aromatic carbocycles. The number of nitrogen functional groups attached to an aromatic ring is 1. The molecule has 4 N–H and O–H groups in total. The molecule has 1 atom stereocenters. The molecule has 9 nitrogen and oxygen atoms in total. The Kier molecular flexibility index (Phi) is 4.16. The van der Waals surface area contributed by atoms with Crippen LogP contribution in [0.15, 0.2) is 17.2 Å². The van der Waals surface area contributed by atoms with Crippen molar-refractivity contribution in [3.63, 3.8) is 0 Å². The minimum atomic E-state index is -3.96. The zero-order valence-electron chi connectivity index (χ0n) is 9.40. The fourth-order valence-electron chi connectivity index (χ4n) is 1.05. The predicted molar refractivity (Wildman–Crippen MR) is 62.2 cm³/mol. The Morgan fingerprint density at radius 1 is 1.67 bits per heavy atom. The number of aliphatic hydroxyl groups is 1. The lowest BCUT2D eigenvalue weighted by Gasteiger charge is -2.08. The number of pyridine rings is 1. The highest BCUT2D eigenvalue weighted by atomic mass is 32.2. The standard InChI is InChI=1S/C8H12N4O5S/c1-5(13)3-11-18(16,17)6-2-7(12(14)15)8(9)10-4-6/h2,4-5,11,13H,3H2,1H3,(H2,9,10). The first-order chi connectivity index (χ1) is 8.24. The quantitative estimate of drug-likeness (QED) is 0.472. The SMILES string of the molecule is CC(O)CNS(=O)(=O)c1cnc(N)c([N+](=O)[O-])c1. The van der Waals surface area contributed by atoms with Gasteiger partial charge in [-0.25, -0.2) is 18.1 Å². The van der Waals surface area contributed by atoms with Gasteiger partial charge in [-0.3, -0.25) is 10.1 Å². The largest absolute Gasteiger partial charge is 0.392 e. The highest BCUT2D eigenvalue weighted by Crippen LogP contribution is 2.21. The van der Waals surface area contributed by atoms with Crippen molar-refractivity contribution in [2.75, 3.05) is 12.3 Å². The summed E-state index contributed by atoms with van der Waals surface area (Å²) in [6.07, 6.45) is 0.0312. The molecule has 18 heavy (non-hydrogen) atoms. The smallest absolute Gasteiger partial charge is 0.312 e. The van der Waals surface area contributed by atoms with Gasteiger partial charge in [-0.15, -0.1) is 0 Å². The maximum Gasteiger partial charge on any atom is 0.312 e. The fraction of sp³-hybridized carbons (Fsp3) is 0.375. The summed E-state index contributed by atoms with van der Waals surface area (Å²) in [4.78, 5) is 12.8. The molecule has 1 unspecified atom stereocenters. The zero-order chi connectivity index (χ0) is 13.9. The Bertz CT molecular complexity index is 557. The van der Waals surface area contributed by atoms with Gasteiger partial charge in [-0.05, 0) is 6.92 Å². The van der Waals surface area contributed by atoms with Gasteiger partial charge in [0.25, 0.3) is 0 Å². The van der Waals surface area contributed by atoms with Gasteiger partial charge in [0.15, 0.2) is 0 Å². The van der Waals surface area contributed by atoms with E-state index in [1.807, 2.05) is 0 Å². The Balaban J connectivity index is 3.10. The van der Waals surface area contributed by atoms with E-state index in [-0.39, 0.29) is 17.3 Å². The van der Waals surface area contributed by atoms with Crippen molar-refractivity contribution in [1.82, 2.24) is 9.71 Å². The fourth-order valence-corrected chi connectivity index (χ4v) is 2.14. The topological polar surface area (TPSA) is 148 Å². The van der Waals surface area contributed by atoms with Crippen LogP contribution in [0.5, 0.6) is 0 Å². The van der Waals surface area contributed by atoms with Crippen LogP contribution in [0.3, 0.4) is 0 Å². The van der Waals surface area contributed by atoms with Crippen molar-refractivity contribution in [3.8, 4) is 0 Å². The van der Waals surface area contributed by atoms with Gasteiger partial charge in [0.1, 0.15) is 4.90 Å². The molecule has 0 aliphatic heterocycles. The van der Waals surface area contributed by atoms with E-state index >= 15 is 0 Å². The molecule has 0 fully saturated rings. The van der Waals surface area contributed by atoms with Crippen molar-refractivity contribution in [2.24, 2.45) is 0 Å². The first-order valence-corrected chi connectivity index (χ1v) is 6.30. The van der Waals surface area contributed by atoms with Crippen molar-refractivity contribution < 1.29 is 18.4 Å². The first kappa shape index (κ1) is 14.3. The summed E-state index contributed by atoms with van der Waals surface area (Å²) < 4.78 is 25.5. The molecule has 10 heteroatoms. The lowest BCUT2D eigenvalue weighted by Crippen LogP contribution is -2.30. The van der Waals surface area contributed by atoms with Gasteiger partial charge in [-0.1, -0.05) is 0 Å². The number of sulfonamides is 1. The Morgan fingerprint density at radius 2 is 2.28 bits per heavy atom. The summed E-state index contributed by atoms with van der Waals surface area (Å²) >= 11 is 0. The summed E-state index contributed by atoms with van der Waals surface area (Å²) in [5, 5.41) is 19.6. The minimum Gasteiger partial charge on any atom is -0.392 e. The van der Waals surface area contributed by atoms with Crippen LogP contribution in [-0.4, -0.2) is 36.1 Å². The van der Waals surface area contributed by atoms with Crippen molar-refractivity contribution in [3.05, 3.63) is 22.4 Å². The van der Waals surface area contributed by atoms with Crippen LogP contribution in [0.4, 0.5) is 11.5 Å². The molecule has 1 rings (SSSR count). The van der Waals surface area contributed by atoms with Crippen LogP contribution in [0.25, 0.3) is 0 Å². The van der Waals surface area contributed by atoms with Crippen LogP contribution < -0.4 is 10.5 Å². The molecule has 0 bridgehead atoms. The number of nitrogens with zero attached hydrogens (tertiary/aromatic N) is 2. The number of anilines is 1. The van der Waals surface area contributed by atoms with Crippen LogP contribution in [0.2, 0.25) is 0 Å². The van der Waals surface area contributed by atoms with Gasteiger partial charge in [-0.2, -0.15) is 0 Å². The van der Waals surface area contributed by atoms with E-state index in [0.717, 1.165) is 12.3 Å². The summed E-state index contributed by atoms with van der Waals surface area (Å²) in [6, 6.07) is 0.812. The van der Waals surface area contributed by atoms with Gasteiger partial charge in [0, 0.05) is 18.8 Å². The molecular weight excluding hydrogens is 264 g/mol. The molecule has 1 aromatic heterocycles. The molecule has 1 aromatic rings. The number of nitrogens with two attached hydrogens (primary N) is 1. The number of rotatable bonds is 5. The number of aromatic nitrogens is 1. The molecule has 0 aliphatic carbocycles. The normalized spacial score (nSPS) is 13.2. The maximum absolute atomic E-state index is 11.7. The number of aliphatic hydroxyl groups excluding tert-OH is 1. The molecule has 0 saturated heterocycles. The Hall–Kier alpha value is -1.78. The van der Waals surface area contributed by atoms with Gasteiger partial charge >= 0.3 is 5.69 Å². The average molecular weight is 276 g/mol. The second-order valence-electron chi connectivity index (χ2n) is 3.53. The molecular formula is C8H12N4O5S. The molecule has 100 valence electrons. The maximum atomic E-state index is 11.7. The van der Waals surface area contributed by atoms with Gasteiger partial charge in [0.2, 0.25) is 15.8 Å². The van der Waals surface area contributed by atoms with Crippen molar-refractivity contribution in [2.45, 2.75) is 17.9 Å². The predicted octanol–water partition coefficient (Wildman–Crippen LogP) is -0.769. The summed E-state index contributed by atoms with van der Waals surface area (Å²) in [7, 11) is -3.96. The van der Waals surface area contributed by atoms with Crippen LogP contribution >= 0.6 is 0 Å². The second-order valence-corrected chi connectivity index (χ2v) is 5.30. The van der Waals surface area contributed by atoms with E-state index < -0.39 is 26.7 Å². The number of hydrogen-bond acceptors (Lipinski definition) is 7. The lowest BCUT2D eigenvalue weighted by atomic mass is 10.4. The number of hydrogen-bond donors (Lipinski definition) is 3. The molecule has 0 spiro atoms. The van der Waals surface area contributed by atoms with Gasteiger partial charge < -0.3 is 10.8 Å². The molecule has 1 heterocycles. The molecule has 0 amide bonds. The van der Waals surface area contributed by atoms with Crippen molar-refractivity contribution >= 4 is 21.5 Å². The highest BCUT2D eigenvalue weighted by molar-refractivity contribution is 7.89. The van der Waals surface area contributed by atoms with E-state index in [1.54, 1.807) is 0 Å². The second kappa shape index (κ2) is 5.25. The van der Waals surface area contributed by atoms with Crippen LogP contribution in [-0.2, 0) is 10.0 Å². The third kappa shape index (κ3) is 3.35. The Morgan fingerprint density at radius 3 is 2.78 bits per heavy atom. The van der Waals surface area contributed by atoms with E-state index in [4.69, 9.17) is 10.8 Å². The molecule has 0 saturated carbocycles. The van der Waals surface area contributed by atoms with E-state index in [9.17, 15) is 18.5 Å². The van der Waals surface area contributed by atoms with Crippen molar-refractivity contribution in [1.29, 1.82) is 0 Å². The Labute approximate surface area is 103 Å². The lowest BCUT2D eigenvalue weighted by molar-refractivity contribution is -0.384. The number of nitro groups is 1. The minimum absolute atomic E-state index is 0.208. The highest BCUT2D eigenvalue weighted by Gasteiger charge is 2.21. The van der Waals surface area contributed by atoms with Crippen LogP contribution in [0, 0.1) is 10.1 Å². The van der Waals surface area contributed by atoms with E-state index in [1.165, 1.54) is 6.92 Å². The summed E-state index contributed by atoms with van der Waals surface area (Å²) in [5.41, 5.74) is 4.66. The zero-order valence-corrected chi connectivity index (χ0v) is 10.2. The number of nitrogens with one attached hydrogen (secondary N) is 1. The third-order valence-corrected chi connectivity index (χ3v) is 3.34.